The second-order valence-corrected chi connectivity index (χ2v) is 6.63. The quantitative estimate of drug-likeness (QED) is 0.865. The third kappa shape index (κ3) is 5.29. The van der Waals surface area contributed by atoms with Crippen LogP contribution < -0.4 is 5.73 Å². The maximum absolute atomic E-state index is 5.98. The zero-order valence-electron chi connectivity index (χ0n) is 13.2. The lowest BCUT2D eigenvalue weighted by Gasteiger charge is -2.28. The van der Waals surface area contributed by atoms with Crippen LogP contribution in [0.5, 0.6) is 0 Å². The number of halogens is 2. The Bertz CT molecular complexity index is 599. The molecule has 2 N–H and O–H groups in total. The lowest BCUT2D eigenvalue weighted by Crippen LogP contribution is -2.36. The molecule has 0 aliphatic carbocycles. The van der Waals surface area contributed by atoms with Gasteiger partial charge in [-0.3, -0.25) is 4.90 Å². The van der Waals surface area contributed by atoms with Gasteiger partial charge in [-0.1, -0.05) is 31.5 Å². The Morgan fingerprint density at radius 2 is 2.09 bits per heavy atom. The van der Waals surface area contributed by atoms with Gasteiger partial charge in [0, 0.05) is 23.7 Å². The van der Waals surface area contributed by atoms with Crippen molar-refractivity contribution in [3.63, 3.8) is 0 Å². The van der Waals surface area contributed by atoms with E-state index in [9.17, 15) is 0 Å². The average molecular weight is 344 g/mol. The summed E-state index contributed by atoms with van der Waals surface area (Å²) in [7, 11) is 2.06. The Labute approximate surface area is 143 Å². The molecule has 0 spiro atoms. The van der Waals surface area contributed by atoms with Crippen molar-refractivity contribution in [1.29, 1.82) is 0 Å². The van der Waals surface area contributed by atoms with E-state index in [1.165, 1.54) is 0 Å². The van der Waals surface area contributed by atoms with Crippen molar-refractivity contribution in [1.82, 2.24) is 9.88 Å². The first-order valence-corrected chi connectivity index (χ1v) is 7.36. The Kier molecular flexibility index (Phi) is 6.88. The fraction of sp³-hybridized carbons (Fsp3) is 0.438. The molecule has 22 heavy (non-hydrogen) atoms. The molecule has 0 radical (unpaired) electrons. The van der Waals surface area contributed by atoms with E-state index in [1.54, 1.807) is 6.26 Å². The second kappa shape index (κ2) is 7.97. The number of nitrogens with zero attached hydrogens (tertiary/aromatic N) is 2. The van der Waals surface area contributed by atoms with Gasteiger partial charge in [0.2, 0.25) is 5.89 Å². The van der Waals surface area contributed by atoms with Gasteiger partial charge in [-0.05, 0) is 37.2 Å². The lowest BCUT2D eigenvalue weighted by molar-refractivity contribution is 0.208. The smallest absolute Gasteiger partial charge is 0.226 e. The van der Waals surface area contributed by atoms with Crippen molar-refractivity contribution in [2.24, 2.45) is 11.1 Å². The maximum Gasteiger partial charge on any atom is 0.226 e. The summed E-state index contributed by atoms with van der Waals surface area (Å²) < 4.78 is 5.54. The average Bonchev–Trinajstić information content (AvgIpc) is 2.86. The molecule has 1 aromatic carbocycles. The largest absolute Gasteiger partial charge is 0.444 e. The van der Waals surface area contributed by atoms with Crippen LogP contribution in [0.25, 0.3) is 11.5 Å². The zero-order valence-corrected chi connectivity index (χ0v) is 14.7. The minimum absolute atomic E-state index is 0. The van der Waals surface area contributed by atoms with E-state index in [0.29, 0.717) is 17.5 Å². The molecule has 0 fully saturated rings. The van der Waals surface area contributed by atoms with Gasteiger partial charge in [0.15, 0.2) is 0 Å². The van der Waals surface area contributed by atoms with E-state index in [4.69, 9.17) is 21.8 Å². The van der Waals surface area contributed by atoms with Gasteiger partial charge >= 0.3 is 0 Å². The van der Waals surface area contributed by atoms with E-state index in [-0.39, 0.29) is 17.8 Å². The molecule has 0 saturated carbocycles. The second-order valence-electron chi connectivity index (χ2n) is 6.19. The first-order chi connectivity index (χ1) is 9.89. The molecule has 0 aliphatic rings. The van der Waals surface area contributed by atoms with Crippen LogP contribution >= 0.6 is 24.0 Å². The van der Waals surface area contributed by atoms with Crippen LogP contribution in [0.4, 0.5) is 0 Å². The molecule has 0 unspecified atom stereocenters. The number of rotatable bonds is 6. The van der Waals surface area contributed by atoms with Crippen molar-refractivity contribution in [3.8, 4) is 11.5 Å². The van der Waals surface area contributed by atoms with Gasteiger partial charge < -0.3 is 10.2 Å². The fourth-order valence-corrected chi connectivity index (χ4v) is 2.45. The third-order valence-electron chi connectivity index (χ3n) is 3.31. The Morgan fingerprint density at radius 3 is 2.73 bits per heavy atom. The van der Waals surface area contributed by atoms with Gasteiger partial charge in [0.05, 0.1) is 5.69 Å². The molecule has 0 aliphatic heterocycles. The van der Waals surface area contributed by atoms with E-state index in [1.807, 2.05) is 24.3 Å². The monoisotopic (exact) mass is 343 g/mol. The lowest BCUT2D eigenvalue weighted by atomic mass is 9.93. The molecule has 122 valence electrons. The van der Waals surface area contributed by atoms with Gasteiger partial charge in [-0.25, -0.2) is 4.98 Å². The highest BCUT2D eigenvalue weighted by molar-refractivity contribution is 6.30. The number of oxazole rings is 1. The number of nitrogens with two attached hydrogens (primary N) is 1. The Hall–Kier alpha value is -1.07. The number of hydrogen-bond acceptors (Lipinski definition) is 4. The van der Waals surface area contributed by atoms with Crippen LogP contribution in [0.15, 0.2) is 34.9 Å². The van der Waals surface area contributed by atoms with Crippen molar-refractivity contribution < 1.29 is 4.42 Å². The zero-order chi connectivity index (χ0) is 15.5. The van der Waals surface area contributed by atoms with Crippen molar-refractivity contribution in [2.45, 2.75) is 20.4 Å². The topological polar surface area (TPSA) is 55.3 Å². The first-order valence-electron chi connectivity index (χ1n) is 6.98. The predicted octanol–water partition coefficient (Wildman–Crippen LogP) is 3.83. The standard InChI is InChI=1S/C16H22ClN3O.ClH/c1-16(2,10-18)11-20(3)8-14-9-21-15(19-14)12-5-4-6-13(17)7-12;/h4-7,9H,8,10-11,18H2,1-3H3;1H. The minimum Gasteiger partial charge on any atom is -0.444 e. The minimum atomic E-state index is 0. The van der Waals surface area contributed by atoms with E-state index >= 15 is 0 Å². The third-order valence-corrected chi connectivity index (χ3v) is 3.54. The van der Waals surface area contributed by atoms with E-state index < -0.39 is 0 Å². The summed E-state index contributed by atoms with van der Waals surface area (Å²) in [6.45, 7) is 6.60. The summed E-state index contributed by atoms with van der Waals surface area (Å²) in [4.78, 5) is 6.72. The van der Waals surface area contributed by atoms with Gasteiger partial charge in [0.25, 0.3) is 0 Å². The van der Waals surface area contributed by atoms with Crippen molar-refractivity contribution >= 4 is 24.0 Å². The molecule has 0 saturated heterocycles. The Balaban J connectivity index is 0.00000242. The summed E-state index contributed by atoms with van der Waals surface area (Å²) >= 11 is 5.98. The SMILES string of the molecule is CN(Cc1coc(-c2cccc(Cl)c2)n1)CC(C)(C)CN.Cl. The number of benzene rings is 1. The molecule has 4 nitrogen and oxygen atoms in total. The van der Waals surface area contributed by atoms with Gasteiger partial charge in [-0.15, -0.1) is 12.4 Å². The summed E-state index contributed by atoms with van der Waals surface area (Å²) in [6, 6.07) is 7.50. The van der Waals surface area contributed by atoms with Gasteiger partial charge in [0.1, 0.15) is 6.26 Å². The predicted molar refractivity (Wildman–Crippen MR) is 93.4 cm³/mol. The van der Waals surface area contributed by atoms with Crippen molar-refractivity contribution in [2.75, 3.05) is 20.1 Å². The molecule has 6 heteroatoms. The molecular weight excluding hydrogens is 321 g/mol. The molecule has 2 aromatic rings. The summed E-state index contributed by atoms with van der Waals surface area (Å²) in [6.07, 6.45) is 1.70. The maximum atomic E-state index is 5.98. The number of aromatic nitrogens is 1. The normalized spacial score (nSPS) is 11.5. The molecular formula is C16H23Cl2N3O. The van der Waals surface area contributed by atoms with Crippen molar-refractivity contribution in [3.05, 3.63) is 41.2 Å². The van der Waals surface area contributed by atoms with E-state index in [2.05, 4.69) is 30.8 Å². The summed E-state index contributed by atoms with van der Waals surface area (Å²) in [5, 5.41) is 0.675. The van der Waals surface area contributed by atoms with Crippen LogP contribution in [-0.4, -0.2) is 30.0 Å². The van der Waals surface area contributed by atoms with Crippen LogP contribution in [0, 0.1) is 5.41 Å². The Morgan fingerprint density at radius 1 is 1.36 bits per heavy atom. The fourth-order valence-electron chi connectivity index (χ4n) is 2.26. The number of hydrogen-bond donors (Lipinski definition) is 1. The molecule has 0 atom stereocenters. The van der Waals surface area contributed by atoms with Crippen LogP contribution in [0.1, 0.15) is 19.5 Å². The molecule has 1 aromatic heterocycles. The highest BCUT2D eigenvalue weighted by Crippen LogP contribution is 2.23. The molecule has 0 amide bonds. The summed E-state index contributed by atoms with van der Waals surface area (Å²) in [5.74, 6) is 0.596. The van der Waals surface area contributed by atoms with Gasteiger partial charge in [-0.2, -0.15) is 0 Å². The van der Waals surface area contributed by atoms with Crippen LogP contribution in [0.2, 0.25) is 5.02 Å². The summed E-state index contributed by atoms with van der Waals surface area (Å²) in [5.41, 5.74) is 7.65. The first kappa shape index (κ1) is 19.0. The molecule has 2 rings (SSSR count). The van der Waals surface area contributed by atoms with Crippen LogP contribution in [-0.2, 0) is 6.54 Å². The highest BCUT2D eigenvalue weighted by atomic mass is 35.5. The van der Waals surface area contributed by atoms with Crippen LogP contribution in [0.3, 0.4) is 0 Å². The van der Waals surface area contributed by atoms with E-state index in [0.717, 1.165) is 24.3 Å². The molecule has 0 bridgehead atoms. The molecule has 1 heterocycles. The highest BCUT2D eigenvalue weighted by Gasteiger charge is 2.19.